The lowest BCUT2D eigenvalue weighted by Gasteiger charge is -2.15. The summed E-state index contributed by atoms with van der Waals surface area (Å²) in [5, 5.41) is 2.08. The maximum Gasteiger partial charge on any atom is 0.385 e. The lowest BCUT2D eigenvalue weighted by Crippen LogP contribution is -2.38. The molecular formula is C10H9N2O4+. The maximum absolute atomic E-state index is 11.5. The molecule has 2 aliphatic rings. The third-order valence-electron chi connectivity index (χ3n) is 2.19. The van der Waals surface area contributed by atoms with Crippen LogP contribution in [0.15, 0.2) is 28.5 Å². The van der Waals surface area contributed by atoms with E-state index in [1.807, 2.05) is 0 Å². The molecule has 1 heterocycles. The number of hydrogen-bond donors (Lipinski definition) is 1. The molecule has 0 unspecified atom stereocenters. The van der Waals surface area contributed by atoms with Gasteiger partial charge in [0.2, 0.25) is 5.76 Å². The second-order valence-corrected chi connectivity index (χ2v) is 3.10. The number of imide groups is 1. The Morgan fingerprint density at radius 1 is 1.38 bits per heavy atom. The lowest BCUT2D eigenvalue weighted by molar-refractivity contribution is -0.419. The zero-order valence-corrected chi connectivity index (χ0v) is 8.73. The Kier molecular flexibility index (Phi) is 2.40. The van der Waals surface area contributed by atoms with Gasteiger partial charge in [0.25, 0.3) is 13.0 Å². The highest BCUT2D eigenvalue weighted by molar-refractivity contribution is 6.37. The van der Waals surface area contributed by atoms with Crippen LogP contribution in [0.2, 0.25) is 0 Å². The van der Waals surface area contributed by atoms with Gasteiger partial charge in [-0.1, -0.05) is 0 Å². The van der Waals surface area contributed by atoms with Crippen molar-refractivity contribution in [3.63, 3.8) is 0 Å². The van der Waals surface area contributed by atoms with Crippen LogP contribution in [0.4, 0.5) is 4.79 Å². The van der Waals surface area contributed by atoms with Crippen LogP contribution in [-0.2, 0) is 14.0 Å². The molecule has 0 saturated heterocycles. The average molecular weight is 221 g/mol. The number of rotatable bonds is 1. The summed E-state index contributed by atoms with van der Waals surface area (Å²) in [5.41, 5.74) is 0.573. The largest absolute Gasteiger partial charge is 0.488 e. The highest BCUT2D eigenvalue weighted by Crippen LogP contribution is 2.16. The molecule has 0 saturated carbocycles. The number of methoxy groups -OCH3 is 1. The first-order chi connectivity index (χ1) is 7.65. The van der Waals surface area contributed by atoms with Crippen LogP contribution in [0.5, 0.6) is 0 Å². The van der Waals surface area contributed by atoms with Crippen LogP contribution >= 0.6 is 0 Å². The van der Waals surface area contributed by atoms with E-state index in [1.165, 1.54) is 26.4 Å². The molecule has 1 aliphatic heterocycles. The van der Waals surface area contributed by atoms with Crippen LogP contribution in [-0.4, -0.2) is 37.7 Å². The Bertz CT molecular complexity index is 497. The number of amides is 3. The van der Waals surface area contributed by atoms with E-state index >= 15 is 0 Å². The molecule has 0 fully saturated rings. The molecule has 0 aromatic carbocycles. The summed E-state index contributed by atoms with van der Waals surface area (Å²) in [6, 6.07) is -0.676. The second-order valence-electron chi connectivity index (χ2n) is 3.10. The molecule has 2 rings (SSSR count). The van der Waals surface area contributed by atoms with E-state index in [4.69, 9.17) is 9.16 Å². The first kappa shape index (κ1) is 10.3. The molecule has 1 aliphatic carbocycles. The summed E-state index contributed by atoms with van der Waals surface area (Å²) in [5.74, 6) is 0.351. The van der Waals surface area contributed by atoms with Crippen molar-refractivity contribution < 1.29 is 18.8 Å². The lowest BCUT2D eigenvalue weighted by atomic mass is 10.00. The van der Waals surface area contributed by atoms with Crippen molar-refractivity contribution in [2.45, 2.75) is 0 Å². The van der Waals surface area contributed by atoms with Crippen molar-refractivity contribution in [3.05, 3.63) is 23.5 Å². The molecule has 82 valence electrons. The van der Waals surface area contributed by atoms with Crippen LogP contribution in [0, 0.1) is 0 Å². The molecule has 1 N–H and O–H groups in total. The molecule has 6 nitrogen and oxygen atoms in total. The third kappa shape index (κ3) is 1.54. The number of carbonyl (C=O) groups is 2. The zero-order valence-electron chi connectivity index (χ0n) is 8.73. The molecule has 3 amide bonds. The number of nitrogens with zero attached hydrogens (tertiary/aromatic N) is 1. The van der Waals surface area contributed by atoms with Crippen LogP contribution < -0.4 is 5.32 Å². The van der Waals surface area contributed by atoms with Crippen molar-refractivity contribution in [2.24, 2.45) is 4.99 Å². The Labute approximate surface area is 91.0 Å². The summed E-state index contributed by atoms with van der Waals surface area (Å²) in [4.78, 5) is 26.2. The van der Waals surface area contributed by atoms with Crippen molar-refractivity contribution in [2.75, 3.05) is 14.2 Å². The average Bonchev–Trinajstić information content (AvgIpc) is 2.27. The van der Waals surface area contributed by atoms with Gasteiger partial charge < -0.3 is 4.74 Å². The smallest absolute Gasteiger partial charge is 0.385 e. The van der Waals surface area contributed by atoms with Crippen molar-refractivity contribution in [3.8, 4) is 0 Å². The molecule has 0 radical (unpaired) electrons. The second kappa shape index (κ2) is 3.73. The quantitative estimate of drug-likeness (QED) is 0.495. The number of nitrogens with one attached hydrogen (secondary N) is 1. The minimum absolute atomic E-state index is 0.284. The van der Waals surface area contributed by atoms with E-state index in [2.05, 4.69) is 10.3 Å². The van der Waals surface area contributed by atoms with Crippen LogP contribution in [0.1, 0.15) is 0 Å². The molecule has 0 spiro atoms. The van der Waals surface area contributed by atoms with Gasteiger partial charge in [0, 0.05) is 6.08 Å². The van der Waals surface area contributed by atoms with E-state index in [9.17, 15) is 9.59 Å². The van der Waals surface area contributed by atoms with E-state index in [-0.39, 0.29) is 11.3 Å². The topological polar surface area (TPSA) is 79.1 Å². The number of hydrogen-bond acceptors (Lipinski definition) is 3. The van der Waals surface area contributed by atoms with E-state index in [0.29, 0.717) is 11.5 Å². The number of urea groups is 1. The van der Waals surface area contributed by atoms with Gasteiger partial charge >= 0.3 is 11.8 Å². The monoisotopic (exact) mass is 221 g/mol. The Hall–Kier alpha value is -2.24. The summed E-state index contributed by atoms with van der Waals surface area (Å²) >= 11 is 0. The molecule has 16 heavy (non-hydrogen) atoms. The summed E-state index contributed by atoms with van der Waals surface area (Å²) in [6.45, 7) is 0. The number of fused-ring (bicyclic) bond motifs is 1. The zero-order chi connectivity index (χ0) is 11.7. The third-order valence-corrected chi connectivity index (χ3v) is 2.19. The van der Waals surface area contributed by atoms with E-state index < -0.39 is 11.9 Å². The van der Waals surface area contributed by atoms with Gasteiger partial charge in [0.15, 0.2) is 0 Å². The van der Waals surface area contributed by atoms with Gasteiger partial charge in [-0.05, 0) is 0 Å². The highest BCUT2D eigenvalue weighted by Gasteiger charge is 2.32. The predicted molar refractivity (Wildman–Crippen MR) is 55.1 cm³/mol. The number of carbonyl (C=O) groups excluding carboxylic acids is 3. The predicted octanol–water partition coefficient (Wildman–Crippen LogP) is -0.118. The number of ether oxygens (including phenoxy) is 1. The molecule has 6 heteroatoms. The van der Waals surface area contributed by atoms with Crippen molar-refractivity contribution >= 4 is 23.4 Å². The summed E-state index contributed by atoms with van der Waals surface area (Å²) in [7, 11) is 2.93. The molecule has 0 aromatic heterocycles. The standard InChI is InChI=1S/C10H8N2O4/c1-15-7-3-5-6(4-8(7)16-2)11-10(14)12-9(5)13/h3-4H,1-2H3/p+1. The van der Waals surface area contributed by atoms with Crippen LogP contribution in [0.25, 0.3) is 0 Å². The van der Waals surface area contributed by atoms with Gasteiger partial charge in [-0.3, -0.25) is 14.5 Å². The van der Waals surface area contributed by atoms with Crippen LogP contribution in [0.3, 0.4) is 0 Å². The Morgan fingerprint density at radius 3 is 2.75 bits per heavy atom. The maximum atomic E-state index is 11.5. The normalized spacial score (nSPS) is 21.9. The molecular weight excluding hydrogens is 212 g/mol. The molecule has 0 aromatic rings. The fraction of sp³-hybridized carbons (Fsp3) is 0.200. The van der Waals surface area contributed by atoms with Crippen molar-refractivity contribution in [1.29, 1.82) is 0 Å². The molecule has 0 bridgehead atoms. The Balaban J connectivity index is 2.54. The van der Waals surface area contributed by atoms with Gasteiger partial charge in [-0.15, -0.1) is 0 Å². The van der Waals surface area contributed by atoms with E-state index in [0.717, 1.165) is 0 Å². The van der Waals surface area contributed by atoms with Gasteiger partial charge in [-0.2, -0.15) is 4.99 Å². The minimum Gasteiger partial charge on any atom is -0.488 e. The van der Waals surface area contributed by atoms with E-state index in [1.54, 1.807) is 0 Å². The fourth-order valence-electron chi connectivity index (χ4n) is 1.44. The Morgan fingerprint density at radius 2 is 2.12 bits per heavy atom. The number of allylic oxidation sites excluding steroid dienone is 2. The fourth-order valence-corrected chi connectivity index (χ4v) is 1.44. The summed E-state index contributed by atoms with van der Waals surface area (Å²) in [6.07, 6.45) is 2.98. The highest BCUT2D eigenvalue weighted by atomic mass is 16.5. The molecule has 0 atom stereocenters. The van der Waals surface area contributed by atoms with Gasteiger partial charge in [0.05, 0.1) is 24.5 Å². The van der Waals surface area contributed by atoms with Gasteiger partial charge in [0.1, 0.15) is 0 Å². The van der Waals surface area contributed by atoms with Crippen molar-refractivity contribution in [1.82, 2.24) is 5.32 Å². The first-order valence-corrected chi connectivity index (χ1v) is 4.48. The number of aliphatic imine (C=N–C) groups is 1. The SMILES string of the molecule is COC1=CC2=NC(=O)NC(=O)C2=CC1=[O+]C. The minimum atomic E-state index is -0.676. The van der Waals surface area contributed by atoms with Gasteiger partial charge in [-0.25, -0.2) is 4.79 Å². The first-order valence-electron chi connectivity index (χ1n) is 4.48. The number of ketones is 1. The summed E-state index contributed by atoms with van der Waals surface area (Å²) < 4.78 is 10.1.